The Kier molecular flexibility index (Phi) is 5.86. The van der Waals surface area contributed by atoms with E-state index in [1.165, 1.54) is 9.47 Å². The summed E-state index contributed by atoms with van der Waals surface area (Å²) in [4.78, 5) is 25.8. The van der Waals surface area contributed by atoms with E-state index in [1.54, 1.807) is 25.2 Å². The van der Waals surface area contributed by atoms with E-state index in [-0.39, 0.29) is 12.1 Å². The number of hydrogen-bond acceptors (Lipinski definition) is 3. The topological polar surface area (TPSA) is 71.8 Å². The smallest absolute Gasteiger partial charge is 0.408 e. The molecular weight excluding hydrogens is 356 g/mol. The maximum Gasteiger partial charge on any atom is 0.408 e. The van der Waals surface area contributed by atoms with E-state index in [2.05, 4.69) is 0 Å². The van der Waals surface area contributed by atoms with Crippen molar-refractivity contribution in [2.45, 2.75) is 46.2 Å². The molecule has 0 radical (unpaired) electrons. The van der Waals surface area contributed by atoms with Gasteiger partial charge in [-0.15, -0.1) is 0 Å². The Balaban J connectivity index is 2.76. The van der Waals surface area contributed by atoms with Gasteiger partial charge in [0.1, 0.15) is 5.75 Å². The summed E-state index contributed by atoms with van der Waals surface area (Å²) in [5.74, 6) is 0.502. The third kappa shape index (κ3) is 3.96. The lowest BCUT2D eigenvalue weighted by molar-refractivity contribution is 0.0931. The van der Waals surface area contributed by atoms with Crippen LogP contribution >= 0.6 is 11.6 Å². The first-order chi connectivity index (χ1) is 12.1. The normalized spacial score (nSPS) is 11.6. The molecule has 2 aromatic rings. The Morgan fingerprint density at radius 2 is 1.96 bits per heavy atom. The van der Waals surface area contributed by atoms with Crippen molar-refractivity contribution in [1.29, 1.82) is 0 Å². The minimum absolute atomic E-state index is 0.0338. The molecule has 0 unspecified atom stereocenters. The van der Waals surface area contributed by atoms with Crippen LogP contribution in [0.3, 0.4) is 0 Å². The number of rotatable bonds is 5. The maximum atomic E-state index is 12.8. The van der Waals surface area contributed by atoms with Gasteiger partial charge >= 0.3 is 6.09 Å². The molecule has 2 rings (SSSR count). The van der Waals surface area contributed by atoms with Crippen LogP contribution in [0.15, 0.2) is 23.0 Å². The number of carbonyl (C=O) groups is 1. The highest BCUT2D eigenvalue weighted by molar-refractivity contribution is 6.31. The summed E-state index contributed by atoms with van der Waals surface area (Å²) in [6.45, 7) is 7.90. The molecule has 0 aliphatic carbocycles. The highest BCUT2D eigenvalue weighted by Gasteiger charge is 2.29. The Hall–Kier alpha value is -2.21. The van der Waals surface area contributed by atoms with E-state index in [0.717, 1.165) is 6.42 Å². The SMILES string of the molecule is CCCOc1c(CN(C(=O)O)C(C)(C)C)n(C)c(=O)c2ccc(Cl)cc12. The average Bonchev–Trinajstić information content (AvgIpc) is 2.54. The number of carboxylic acid groups (broad SMARTS) is 1. The monoisotopic (exact) mass is 380 g/mol. The number of nitrogens with zero attached hydrogens (tertiary/aromatic N) is 2. The van der Waals surface area contributed by atoms with Gasteiger partial charge in [0.25, 0.3) is 5.56 Å². The zero-order valence-electron chi connectivity index (χ0n) is 15.8. The van der Waals surface area contributed by atoms with Gasteiger partial charge in [0.05, 0.1) is 24.2 Å². The molecule has 6 nitrogen and oxygen atoms in total. The zero-order valence-corrected chi connectivity index (χ0v) is 16.6. The molecule has 1 heterocycles. The Bertz CT molecular complexity index is 884. The van der Waals surface area contributed by atoms with E-state index in [1.807, 2.05) is 27.7 Å². The van der Waals surface area contributed by atoms with Crippen LogP contribution in [0.4, 0.5) is 4.79 Å². The molecule has 0 aliphatic rings. The fourth-order valence-corrected chi connectivity index (χ4v) is 2.96. The van der Waals surface area contributed by atoms with Gasteiger partial charge in [0.15, 0.2) is 0 Å². The molecule has 7 heteroatoms. The van der Waals surface area contributed by atoms with Crippen LogP contribution < -0.4 is 10.3 Å². The van der Waals surface area contributed by atoms with Crippen molar-refractivity contribution in [3.05, 3.63) is 39.3 Å². The van der Waals surface area contributed by atoms with Gasteiger partial charge < -0.3 is 14.4 Å². The summed E-state index contributed by atoms with van der Waals surface area (Å²) >= 11 is 6.13. The summed E-state index contributed by atoms with van der Waals surface area (Å²) in [7, 11) is 1.63. The number of benzene rings is 1. The summed E-state index contributed by atoms with van der Waals surface area (Å²) in [5.41, 5.74) is -0.335. The number of hydrogen-bond donors (Lipinski definition) is 1. The van der Waals surface area contributed by atoms with E-state index in [0.29, 0.717) is 33.8 Å². The van der Waals surface area contributed by atoms with Crippen molar-refractivity contribution in [2.24, 2.45) is 7.05 Å². The molecule has 0 saturated heterocycles. The first-order valence-electron chi connectivity index (χ1n) is 8.52. The Morgan fingerprint density at radius 3 is 2.50 bits per heavy atom. The van der Waals surface area contributed by atoms with Crippen LogP contribution in [0.2, 0.25) is 5.02 Å². The number of amides is 1. The van der Waals surface area contributed by atoms with Gasteiger partial charge in [0, 0.05) is 23.0 Å². The van der Waals surface area contributed by atoms with Crippen molar-refractivity contribution < 1.29 is 14.6 Å². The van der Waals surface area contributed by atoms with Gasteiger partial charge in [0.2, 0.25) is 0 Å². The first kappa shape index (κ1) is 20.1. The van der Waals surface area contributed by atoms with Crippen LogP contribution in [0, 0.1) is 0 Å². The molecule has 26 heavy (non-hydrogen) atoms. The first-order valence-corrected chi connectivity index (χ1v) is 8.90. The molecule has 0 fully saturated rings. The number of fused-ring (bicyclic) bond motifs is 1. The van der Waals surface area contributed by atoms with Crippen LogP contribution in [0.1, 0.15) is 39.8 Å². The second-order valence-corrected chi connectivity index (χ2v) is 7.65. The fourth-order valence-electron chi connectivity index (χ4n) is 2.79. The fraction of sp³-hybridized carbons (Fsp3) is 0.474. The second kappa shape index (κ2) is 7.58. The van der Waals surface area contributed by atoms with E-state index < -0.39 is 11.6 Å². The maximum absolute atomic E-state index is 12.8. The lowest BCUT2D eigenvalue weighted by Gasteiger charge is -2.34. The Morgan fingerprint density at radius 1 is 1.31 bits per heavy atom. The summed E-state index contributed by atoms with van der Waals surface area (Å²) in [6.07, 6.45) is -0.274. The molecule has 0 atom stereocenters. The molecule has 1 amide bonds. The molecular formula is C19H25ClN2O4. The second-order valence-electron chi connectivity index (χ2n) is 7.22. The third-order valence-corrected chi connectivity index (χ3v) is 4.46. The molecule has 1 N–H and O–H groups in total. The van der Waals surface area contributed by atoms with Crippen LogP contribution in [0.25, 0.3) is 10.8 Å². The molecule has 0 spiro atoms. The van der Waals surface area contributed by atoms with Crippen molar-refractivity contribution in [3.63, 3.8) is 0 Å². The lowest BCUT2D eigenvalue weighted by atomic mass is 10.0. The molecule has 142 valence electrons. The quantitative estimate of drug-likeness (QED) is 0.841. The lowest BCUT2D eigenvalue weighted by Crippen LogP contribution is -2.45. The van der Waals surface area contributed by atoms with Gasteiger partial charge in [-0.05, 0) is 45.4 Å². The standard InChI is InChI=1S/C19H25ClN2O4/c1-6-9-26-16-14-10-12(20)7-8-13(14)17(23)21(5)15(16)11-22(18(24)25)19(2,3)4/h7-8,10H,6,9,11H2,1-5H3,(H,24,25). The molecule has 0 saturated carbocycles. The van der Waals surface area contributed by atoms with Gasteiger partial charge in [-0.25, -0.2) is 4.79 Å². The van der Waals surface area contributed by atoms with E-state index >= 15 is 0 Å². The summed E-state index contributed by atoms with van der Waals surface area (Å²) in [6, 6.07) is 5.02. The minimum Gasteiger partial charge on any atom is -0.491 e. The molecule has 0 aliphatic heterocycles. The molecule has 1 aromatic carbocycles. The van der Waals surface area contributed by atoms with E-state index in [4.69, 9.17) is 16.3 Å². The molecule has 0 bridgehead atoms. The van der Waals surface area contributed by atoms with Crippen LogP contribution in [-0.4, -0.2) is 32.8 Å². The largest absolute Gasteiger partial charge is 0.491 e. The predicted octanol–water partition coefficient (Wildman–Crippen LogP) is 4.26. The van der Waals surface area contributed by atoms with Crippen LogP contribution in [-0.2, 0) is 13.6 Å². The highest BCUT2D eigenvalue weighted by atomic mass is 35.5. The summed E-state index contributed by atoms with van der Waals surface area (Å²) in [5, 5.41) is 11.2. The third-order valence-electron chi connectivity index (χ3n) is 4.23. The summed E-state index contributed by atoms with van der Waals surface area (Å²) < 4.78 is 7.41. The van der Waals surface area contributed by atoms with Gasteiger partial charge in [-0.1, -0.05) is 18.5 Å². The number of pyridine rings is 1. The van der Waals surface area contributed by atoms with Gasteiger partial charge in [-0.3, -0.25) is 9.69 Å². The molecule has 1 aromatic heterocycles. The number of halogens is 1. The Labute approximate surface area is 157 Å². The van der Waals surface area contributed by atoms with Crippen molar-refractivity contribution >= 4 is 28.5 Å². The predicted molar refractivity (Wildman–Crippen MR) is 103 cm³/mol. The van der Waals surface area contributed by atoms with Gasteiger partial charge in [-0.2, -0.15) is 0 Å². The van der Waals surface area contributed by atoms with Crippen LogP contribution in [0.5, 0.6) is 5.75 Å². The van der Waals surface area contributed by atoms with Crippen molar-refractivity contribution in [1.82, 2.24) is 9.47 Å². The number of aromatic nitrogens is 1. The van der Waals surface area contributed by atoms with E-state index in [9.17, 15) is 14.7 Å². The minimum atomic E-state index is -1.06. The highest BCUT2D eigenvalue weighted by Crippen LogP contribution is 2.32. The number of ether oxygens (including phenoxy) is 1. The average molecular weight is 381 g/mol. The van der Waals surface area contributed by atoms with Crippen molar-refractivity contribution in [2.75, 3.05) is 6.61 Å². The van der Waals surface area contributed by atoms with Crippen molar-refractivity contribution in [3.8, 4) is 5.75 Å². The zero-order chi connectivity index (χ0) is 19.6.